The van der Waals surface area contributed by atoms with Gasteiger partial charge in [-0.25, -0.2) is 0 Å². The lowest BCUT2D eigenvalue weighted by Gasteiger charge is -2.27. The number of oxazole rings is 1. The summed E-state index contributed by atoms with van der Waals surface area (Å²) in [7, 11) is -3.53. The van der Waals surface area contributed by atoms with Gasteiger partial charge in [-0.3, -0.25) is 4.57 Å². The SMILES string of the molecule is CCOP(=O)(OCC)c1nc(-c2ccc(C)cc2)oc1N1CCCCC1. The Bertz CT molecular complexity index is 756. The largest absolute Gasteiger partial charge is 0.419 e. The topological polar surface area (TPSA) is 64.8 Å². The minimum Gasteiger partial charge on any atom is -0.419 e. The molecule has 3 rings (SSSR count). The number of hydrogen-bond donors (Lipinski definition) is 0. The highest BCUT2D eigenvalue weighted by Crippen LogP contribution is 2.50. The molecule has 1 fully saturated rings. The fraction of sp³-hybridized carbons (Fsp3) is 0.526. The zero-order valence-corrected chi connectivity index (χ0v) is 16.6. The van der Waals surface area contributed by atoms with Crippen molar-refractivity contribution in [2.75, 3.05) is 31.2 Å². The highest BCUT2D eigenvalue weighted by atomic mass is 31.2. The first-order chi connectivity index (χ1) is 12.6. The summed E-state index contributed by atoms with van der Waals surface area (Å²) >= 11 is 0. The molecule has 0 N–H and O–H groups in total. The van der Waals surface area contributed by atoms with Gasteiger partial charge in [-0.15, -0.1) is 0 Å². The van der Waals surface area contributed by atoms with Crippen LogP contribution in [0.3, 0.4) is 0 Å². The van der Waals surface area contributed by atoms with Crippen LogP contribution < -0.4 is 10.3 Å². The Kier molecular flexibility index (Phi) is 6.17. The van der Waals surface area contributed by atoms with Crippen LogP contribution in [0.15, 0.2) is 28.7 Å². The molecule has 2 aromatic rings. The maximum Gasteiger partial charge on any atom is 0.385 e. The number of nitrogens with zero attached hydrogens (tertiary/aromatic N) is 2. The van der Waals surface area contributed by atoms with Gasteiger partial charge in [0.1, 0.15) is 0 Å². The number of piperidine rings is 1. The molecule has 6 nitrogen and oxygen atoms in total. The van der Waals surface area contributed by atoms with Crippen LogP contribution in [-0.2, 0) is 13.6 Å². The summed E-state index contributed by atoms with van der Waals surface area (Å²) in [5, 5.41) is 0. The average Bonchev–Trinajstić information content (AvgIpc) is 3.10. The smallest absolute Gasteiger partial charge is 0.385 e. The van der Waals surface area contributed by atoms with Crippen LogP contribution >= 0.6 is 7.60 Å². The van der Waals surface area contributed by atoms with E-state index in [4.69, 9.17) is 13.5 Å². The average molecular weight is 378 g/mol. The van der Waals surface area contributed by atoms with E-state index in [1.807, 2.05) is 31.2 Å². The molecule has 1 aliphatic rings. The van der Waals surface area contributed by atoms with Crippen molar-refractivity contribution in [1.29, 1.82) is 0 Å². The molecular formula is C19H27N2O4P. The number of hydrogen-bond acceptors (Lipinski definition) is 6. The van der Waals surface area contributed by atoms with E-state index < -0.39 is 7.60 Å². The number of anilines is 1. The Morgan fingerprint density at radius 1 is 1.08 bits per heavy atom. The standard InChI is InChI=1S/C19H27N2O4P/c1-4-23-26(22,24-5-2)18-19(21-13-7-6-8-14-21)25-17(20-18)16-11-9-15(3)10-12-16/h9-12H,4-8,13-14H2,1-3H3. The number of aromatic nitrogens is 1. The highest BCUT2D eigenvalue weighted by molar-refractivity contribution is 7.62. The molecule has 1 aromatic carbocycles. The fourth-order valence-corrected chi connectivity index (χ4v) is 4.74. The summed E-state index contributed by atoms with van der Waals surface area (Å²) in [4.78, 5) is 6.68. The first-order valence-corrected chi connectivity index (χ1v) is 10.8. The lowest BCUT2D eigenvalue weighted by atomic mass is 10.1. The van der Waals surface area contributed by atoms with Gasteiger partial charge in [0.25, 0.3) is 0 Å². The Morgan fingerprint density at radius 3 is 2.27 bits per heavy atom. The van der Waals surface area contributed by atoms with Crippen LogP contribution in [0, 0.1) is 6.92 Å². The molecule has 1 saturated heterocycles. The monoisotopic (exact) mass is 378 g/mol. The molecule has 0 amide bonds. The molecule has 0 spiro atoms. The van der Waals surface area contributed by atoms with Crippen LogP contribution in [0.2, 0.25) is 0 Å². The number of benzene rings is 1. The molecule has 0 unspecified atom stereocenters. The maximum atomic E-state index is 13.4. The summed E-state index contributed by atoms with van der Waals surface area (Å²) in [6.45, 7) is 7.90. The van der Waals surface area contributed by atoms with Crippen molar-refractivity contribution in [3.05, 3.63) is 29.8 Å². The van der Waals surface area contributed by atoms with Crippen molar-refractivity contribution in [2.45, 2.75) is 40.0 Å². The molecule has 0 saturated carbocycles. The van der Waals surface area contributed by atoms with Crippen molar-refractivity contribution in [1.82, 2.24) is 4.98 Å². The molecule has 0 radical (unpaired) electrons. The Balaban J connectivity index is 2.07. The summed E-state index contributed by atoms with van der Waals surface area (Å²) in [5.41, 5.74) is 2.30. The van der Waals surface area contributed by atoms with E-state index in [0.717, 1.165) is 37.1 Å². The lowest BCUT2D eigenvalue weighted by molar-refractivity contribution is 0.229. The quantitative estimate of drug-likeness (QED) is 0.660. The van der Waals surface area contributed by atoms with Crippen molar-refractivity contribution in [2.24, 2.45) is 0 Å². The number of aryl methyl sites for hydroxylation is 1. The lowest BCUT2D eigenvalue weighted by Crippen LogP contribution is -2.33. The van der Waals surface area contributed by atoms with E-state index in [-0.39, 0.29) is 13.2 Å². The Hall–Kier alpha value is -1.62. The minimum absolute atomic E-state index is 0.281. The van der Waals surface area contributed by atoms with Gasteiger partial charge in [-0.2, -0.15) is 4.98 Å². The zero-order valence-electron chi connectivity index (χ0n) is 15.7. The van der Waals surface area contributed by atoms with Gasteiger partial charge in [0.2, 0.25) is 17.2 Å². The second-order valence-electron chi connectivity index (χ2n) is 6.39. The van der Waals surface area contributed by atoms with Gasteiger partial charge in [0.05, 0.1) is 13.2 Å². The molecule has 0 bridgehead atoms. The Morgan fingerprint density at radius 2 is 1.69 bits per heavy atom. The Labute approximate surface area is 155 Å². The van der Waals surface area contributed by atoms with E-state index in [0.29, 0.717) is 17.2 Å². The zero-order chi connectivity index (χ0) is 18.6. The fourth-order valence-electron chi connectivity index (χ4n) is 3.10. The van der Waals surface area contributed by atoms with Gasteiger partial charge in [-0.1, -0.05) is 17.7 Å². The molecule has 0 aliphatic carbocycles. The second kappa shape index (κ2) is 8.38. The summed E-state index contributed by atoms with van der Waals surface area (Å²) in [6, 6.07) is 7.92. The first kappa shape index (κ1) is 19.2. The van der Waals surface area contributed by atoms with Crippen LogP contribution in [-0.4, -0.2) is 31.3 Å². The summed E-state index contributed by atoms with van der Waals surface area (Å²) < 4.78 is 30.6. The van der Waals surface area contributed by atoms with Crippen molar-refractivity contribution in [3.63, 3.8) is 0 Å². The molecule has 7 heteroatoms. The predicted octanol–water partition coefficient (Wildman–Crippen LogP) is 4.53. The molecule has 2 heterocycles. The molecule has 1 aromatic heterocycles. The van der Waals surface area contributed by atoms with E-state index >= 15 is 0 Å². The second-order valence-corrected chi connectivity index (χ2v) is 8.33. The molecule has 1 aliphatic heterocycles. The van der Waals surface area contributed by atoms with Gasteiger partial charge in [0, 0.05) is 18.7 Å². The van der Waals surface area contributed by atoms with Crippen molar-refractivity contribution >= 4 is 18.9 Å². The predicted molar refractivity (Wildman–Crippen MR) is 103 cm³/mol. The van der Waals surface area contributed by atoms with Crippen molar-refractivity contribution in [3.8, 4) is 11.5 Å². The third-order valence-electron chi connectivity index (χ3n) is 4.39. The molecule has 26 heavy (non-hydrogen) atoms. The molecule has 142 valence electrons. The molecular weight excluding hydrogens is 351 g/mol. The van der Waals surface area contributed by atoms with E-state index in [1.54, 1.807) is 13.8 Å². The number of rotatable bonds is 7. The normalized spacial score (nSPS) is 15.4. The van der Waals surface area contributed by atoms with Gasteiger partial charge in [-0.05, 0) is 52.2 Å². The highest BCUT2D eigenvalue weighted by Gasteiger charge is 2.38. The van der Waals surface area contributed by atoms with E-state index in [1.165, 1.54) is 6.42 Å². The summed E-state index contributed by atoms with van der Waals surface area (Å²) in [6.07, 6.45) is 3.35. The van der Waals surface area contributed by atoms with Crippen LogP contribution in [0.4, 0.5) is 5.88 Å². The molecule has 0 atom stereocenters. The van der Waals surface area contributed by atoms with E-state index in [2.05, 4.69) is 9.88 Å². The van der Waals surface area contributed by atoms with Gasteiger partial charge in [0.15, 0.2) is 0 Å². The third-order valence-corrected chi connectivity index (χ3v) is 6.40. The van der Waals surface area contributed by atoms with Crippen molar-refractivity contribution < 1.29 is 18.0 Å². The van der Waals surface area contributed by atoms with Gasteiger partial charge < -0.3 is 18.4 Å². The first-order valence-electron chi connectivity index (χ1n) is 9.30. The van der Waals surface area contributed by atoms with Gasteiger partial charge >= 0.3 is 7.60 Å². The van der Waals surface area contributed by atoms with Crippen LogP contribution in [0.5, 0.6) is 0 Å². The van der Waals surface area contributed by atoms with Crippen LogP contribution in [0.1, 0.15) is 38.7 Å². The minimum atomic E-state index is -3.53. The van der Waals surface area contributed by atoms with E-state index in [9.17, 15) is 4.57 Å². The third kappa shape index (κ3) is 4.03. The maximum absolute atomic E-state index is 13.4. The summed E-state index contributed by atoms with van der Waals surface area (Å²) in [5.74, 6) is 0.964. The van der Waals surface area contributed by atoms with Crippen LogP contribution in [0.25, 0.3) is 11.5 Å².